The summed E-state index contributed by atoms with van der Waals surface area (Å²) in [6, 6.07) is 8.82. The zero-order valence-electron chi connectivity index (χ0n) is 11.6. The van der Waals surface area contributed by atoms with E-state index in [4.69, 9.17) is 0 Å². The van der Waals surface area contributed by atoms with Gasteiger partial charge in [-0.3, -0.25) is 19.8 Å². The van der Waals surface area contributed by atoms with Crippen LogP contribution in [0.25, 0.3) is 11.3 Å². The van der Waals surface area contributed by atoms with Gasteiger partial charge in [0, 0.05) is 30.4 Å². The van der Waals surface area contributed by atoms with Crippen molar-refractivity contribution in [1.82, 2.24) is 15.5 Å². The van der Waals surface area contributed by atoms with Gasteiger partial charge in [0.2, 0.25) is 0 Å². The van der Waals surface area contributed by atoms with Crippen LogP contribution >= 0.6 is 0 Å². The van der Waals surface area contributed by atoms with E-state index < -0.39 is 0 Å². The fraction of sp³-hybridized carbons (Fsp3) is 0.200. The Kier molecular flexibility index (Phi) is 3.45. The number of hydrogen-bond donors (Lipinski definition) is 4. The number of aromatic nitrogens is 2. The first-order chi connectivity index (χ1) is 10.1. The Morgan fingerprint density at radius 3 is 2.38 bits per heavy atom. The van der Waals surface area contributed by atoms with Crippen molar-refractivity contribution in [2.75, 3.05) is 18.4 Å². The third-order valence-electron chi connectivity index (χ3n) is 3.60. The maximum Gasteiger partial charge on any atom is 0.264 e. The SMILES string of the molecule is CC(C(=O)Nc1ccc(-c2cc(=O)[nH][nH]2)cc1)=C1CNC1. The van der Waals surface area contributed by atoms with Crippen LogP contribution in [0.5, 0.6) is 0 Å². The number of carbonyl (C=O) groups is 1. The molecule has 2 aromatic rings. The number of H-pyrrole nitrogens is 2. The van der Waals surface area contributed by atoms with Crippen LogP contribution in [0.2, 0.25) is 0 Å². The number of anilines is 1. The molecule has 0 radical (unpaired) electrons. The molecule has 0 aliphatic carbocycles. The molecule has 2 heterocycles. The van der Waals surface area contributed by atoms with E-state index in [0.717, 1.165) is 41.2 Å². The summed E-state index contributed by atoms with van der Waals surface area (Å²) in [7, 11) is 0. The van der Waals surface area contributed by atoms with E-state index >= 15 is 0 Å². The minimum atomic E-state index is -0.168. The molecule has 1 saturated heterocycles. The van der Waals surface area contributed by atoms with Gasteiger partial charge in [0.25, 0.3) is 11.5 Å². The average molecular weight is 284 g/mol. The molecule has 0 atom stereocenters. The topological polar surface area (TPSA) is 89.8 Å². The van der Waals surface area contributed by atoms with E-state index in [2.05, 4.69) is 20.8 Å². The van der Waals surface area contributed by atoms with Crippen molar-refractivity contribution in [3.05, 3.63) is 51.8 Å². The number of aromatic amines is 2. The number of rotatable bonds is 3. The van der Waals surface area contributed by atoms with Crippen molar-refractivity contribution in [3.63, 3.8) is 0 Å². The number of benzene rings is 1. The molecule has 4 N–H and O–H groups in total. The van der Waals surface area contributed by atoms with Crippen molar-refractivity contribution in [2.24, 2.45) is 0 Å². The molecule has 1 aliphatic heterocycles. The van der Waals surface area contributed by atoms with Gasteiger partial charge in [0.1, 0.15) is 0 Å². The van der Waals surface area contributed by atoms with Crippen LogP contribution < -0.4 is 16.2 Å². The van der Waals surface area contributed by atoms with E-state index in [1.54, 1.807) is 0 Å². The van der Waals surface area contributed by atoms with Crippen molar-refractivity contribution in [1.29, 1.82) is 0 Å². The van der Waals surface area contributed by atoms with Crippen LogP contribution in [0.15, 0.2) is 46.3 Å². The molecular formula is C15H16N4O2. The Hall–Kier alpha value is -2.60. The Morgan fingerprint density at radius 2 is 1.86 bits per heavy atom. The van der Waals surface area contributed by atoms with Crippen LogP contribution in [-0.4, -0.2) is 29.2 Å². The second-order valence-electron chi connectivity index (χ2n) is 5.04. The molecule has 6 nitrogen and oxygen atoms in total. The molecule has 1 aliphatic rings. The lowest BCUT2D eigenvalue weighted by molar-refractivity contribution is -0.112. The minimum absolute atomic E-state index is 0.0747. The lowest BCUT2D eigenvalue weighted by Crippen LogP contribution is -2.36. The maximum absolute atomic E-state index is 12.1. The molecule has 0 unspecified atom stereocenters. The zero-order chi connectivity index (χ0) is 14.8. The molecule has 1 amide bonds. The molecule has 0 spiro atoms. The standard InChI is InChI=1S/C15H16N4O2/c1-9(11-7-16-8-11)15(21)17-12-4-2-10(3-5-12)13-6-14(20)19-18-13/h2-6,16H,7-8H2,1H3,(H,17,21)(H2,18,19,20). The van der Waals surface area contributed by atoms with E-state index in [0.29, 0.717) is 0 Å². The lowest BCUT2D eigenvalue weighted by Gasteiger charge is -2.21. The highest BCUT2D eigenvalue weighted by Gasteiger charge is 2.16. The zero-order valence-corrected chi connectivity index (χ0v) is 11.6. The summed E-state index contributed by atoms with van der Waals surface area (Å²) in [6.07, 6.45) is 0. The number of nitrogens with one attached hydrogen (secondary N) is 4. The quantitative estimate of drug-likeness (QED) is 0.639. The summed E-state index contributed by atoms with van der Waals surface area (Å²) in [5, 5.41) is 11.3. The first-order valence-corrected chi connectivity index (χ1v) is 6.72. The average Bonchev–Trinajstić information content (AvgIpc) is 2.84. The first kappa shape index (κ1) is 13.4. The molecule has 108 valence electrons. The highest BCUT2D eigenvalue weighted by Crippen LogP contribution is 2.19. The van der Waals surface area contributed by atoms with Gasteiger partial charge in [-0.2, -0.15) is 0 Å². The highest BCUT2D eigenvalue weighted by atomic mass is 16.1. The van der Waals surface area contributed by atoms with Gasteiger partial charge in [0.05, 0.1) is 5.69 Å². The van der Waals surface area contributed by atoms with Gasteiger partial charge < -0.3 is 10.6 Å². The Bertz CT molecular complexity index is 746. The number of hydrogen-bond acceptors (Lipinski definition) is 3. The van der Waals surface area contributed by atoms with Gasteiger partial charge in [0.15, 0.2) is 0 Å². The summed E-state index contributed by atoms with van der Waals surface area (Å²) in [5.41, 5.74) is 4.08. The molecule has 6 heteroatoms. The van der Waals surface area contributed by atoms with Crippen LogP contribution in [0.3, 0.4) is 0 Å². The Morgan fingerprint density at radius 1 is 1.14 bits per heavy atom. The van der Waals surface area contributed by atoms with Crippen LogP contribution in [0.1, 0.15) is 6.92 Å². The van der Waals surface area contributed by atoms with E-state index in [-0.39, 0.29) is 11.5 Å². The predicted molar refractivity (Wildman–Crippen MR) is 81.0 cm³/mol. The summed E-state index contributed by atoms with van der Waals surface area (Å²) in [6.45, 7) is 3.42. The van der Waals surface area contributed by atoms with Gasteiger partial charge in [-0.15, -0.1) is 0 Å². The summed E-state index contributed by atoms with van der Waals surface area (Å²) in [5.74, 6) is -0.0747. The van der Waals surface area contributed by atoms with Crippen molar-refractivity contribution in [2.45, 2.75) is 6.92 Å². The molecular weight excluding hydrogens is 268 g/mol. The van der Waals surface area contributed by atoms with Crippen molar-refractivity contribution >= 4 is 11.6 Å². The van der Waals surface area contributed by atoms with Crippen LogP contribution in [0.4, 0.5) is 5.69 Å². The molecule has 21 heavy (non-hydrogen) atoms. The van der Waals surface area contributed by atoms with E-state index in [9.17, 15) is 9.59 Å². The van der Waals surface area contributed by atoms with Crippen molar-refractivity contribution in [3.8, 4) is 11.3 Å². The van der Waals surface area contributed by atoms with Gasteiger partial charge >= 0.3 is 0 Å². The summed E-state index contributed by atoms with van der Waals surface area (Å²) in [4.78, 5) is 23.2. The Balaban J connectivity index is 1.72. The van der Waals surface area contributed by atoms with Crippen LogP contribution in [0, 0.1) is 0 Å². The molecule has 3 rings (SSSR count). The van der Waals surface area contributed by atoms with E-state index in [1.165, 1.54) is 6.07 Å². The maximum atomic E-state index is 12.1. The number of carbonyl (C=O) groups excluding carboxylic acids is 1. The third-order valence-corrected chi connectivity index (χ3v) is 3.60. The second kappa shape index (κ2) is 5.41. The first-order valence-electron chi connectivity index (χ1n) is 6.72. The third kappa shape index (κ3) is 2.80. The molecule has 1 fully saturated rings. The van der Waals surface area contributed by atoms with Gasteiger partial charge in [-0.1, -0.05) is 12.1 Å². The molecule has 0 bridgehead atoms. The minimum Gasteiger partial charge on any atom is -0.322 e. The van der Waals surface area contributed by atoms with Gasteiger partial charge in [-0.05, 0) is 30.2 Å². The smallest absolute Gasteiger partial charge is 0.264 e. The normalized spacial score (nSPS) is 13.7. The second-order valence-corrected chi connectivity index (χ2v) is 5.04. The highest BCUT2D eigenvalue weighted by molar-refractivity contribution is 6.04. The lowest BCUT2D eigenvalue weighted by atomic mass is 10.0. The molecule has 0 saturated carbocycles. The fourth-order valence-electron chi connectivity index (χ4n) is 2.12. The van der Waals surface area contributed by atoms with E-state index in [1.807, 2.05) is 31.2 Å². The Labute approximate surface area is 121 Å². The predicted octanol–water partition coefficient (Wildman–Crippen LogP) is 1.23. The summed E-state index contributed by atoms with van der Waals surface area (Å²) < 4.78 is 0. The molecule has 1 aromatic heterocycles. The monoisotopic (exact) mass is 284 g/mol. The van der Waals surface area contributed by atoms with Crippen molar-refractivity contribution < 1.29 is 4.79 Å². The molecule has 1 aromatic carbocycles. The van der Waals surface area contributed by atoms with Crippen LogP contribution in [-0.2, 0) is 4.79 Å². The fourth-order valence-corrected chi connectivity index (χ4v) is 2.12. The number of amides is 1. The summed E-state index contributed by atoms with van der Waals surface area (Å²) >= 11 is 0. The van der Waals surface area contributed by atoms with Gasteiger partial charge in [-0.25, -0.2) is 0 Å². The largest absolute Gasteiger partial charge is 0.322 e.